The van der Waals surface area contributed by atoms with Gasteiger partial charge in [0.25, 0.3) is 5.69 Å². The van der Waals surface area contributed by atoms with E-state index in [9.17, 15) is 28.1 Å². The predicted octanol–water partition coefficient (Wildman–Crippen LogP) is 6.79. The first-order valence-electron chi connectivity index (χ1n) is 8.75. The number of alkyl halides is 3. The number of hydrogen-bond acceptors (Lipinski definition) is 5. The highest BCUT2D eigenvalue weighted by Crippen LogP contribution is 2.40. The molecule has 12 heteroatoms. The molecule has 1 atom stereocenters. The van der Waals surface area contributed by atoms with Crippen molar-refractivity contribution in [2.45, 2.75) is 16.5 Å². The molecule has 3 aromatic rings. The van der Waals surface area contributed by atoms with E-state index in [1.54, 1.807) is 30.3 Å². The van der Waals surface area contributed by atoms with Crippen LogP contribution in [0.1, 0.15) is 16.4 Å². The molecule has 0 spiro atoms. The summed E-state index contributed by atoms with van der Waals surface area (Å²) in [6, 6.07) is 12.9. The number of aromatic nitrogens is 1. The van der Waals surface area contributed by atoms with Gasteiger partial charge in [0, 0.05) is 18.0 Å². The van der Waals surface area contributed by atoms with Crippen LogP contribution in [0.3, 0.4) is 0 Å². The van der Waals surface area contributed by atoms with Gasteiger partial charge in [-0.2, -0.15) is 13.2 Å². The van der Waals surface area contributed by atoms with Crippen molar-refractivity contribution in [1.82, 2.24) is 4.98 Å². The van der Waals surface area contributed by atoms with Crippen molar-refractivity contribution < 1.29 is 22.9 Å². The number of pyridine rings is 1. The zero-order valence-electron chi connectivity index (χ0n) is 15.8. The van der Waals surface area contributed by atoms with E-state index < -0.39 is 27.8 Å². The lowest BCUT2D eigenvalue weighted by Crippen LogP contribution is -2.19. The van der Waals surface area contributed by atoms with Crippen molar-refractivity contribution in [3.63, 3.8) is 0 Å². The fraction of sp³-hybridized carbons (Fsp3) is 0.100. The average Bonchev–Trinajstić information content (AvgIpc) is 2.73. The maximum Gasteiger partial charge on any atom is 0.417 e. The van der Waals surface area contributed by atoms with Crippen molar-refractivity contribution in [3.05, 3.63) is 92.1 Å². The van der Waals surface area contributed by atoms with Gasteiger partial charge in [-0.25, -0.2) is 4.98 Å². The van der Waals surface area contributed by atoms with Gasteiger partial charge in [0.15, 0.2) is 0 Å². The minimum atomic E-state index is -4.61. The van der Waals surface area contributed by atoms with Crippen LogP contribution in [0.15, 0.2) is 65.8 Å². The number of carbonyl (C=O) groups is 1. The number of halogens is 5. The lowest BCUT2D eigenvalue weighted by Gasteiger charge is -2.18. The quantitative estimate of drug-likeness (QED) is 0.228. The molecule has 0 aliphatic heterocycles. The maximum absolute atomic E-state index is 13.0. The standard InChI is InChI=1S/C20H12Cl2F3N3O3S/c21-14-7-6-13(9-16(14)28(30)31)27-18(29)17(11-4-2-1-3-5-11)32-19-15(22)8-12(10-26-19)20(23,24)25/h1-10,17H,(H,27,29)/t17-/m1/s1. The molecule has 6 nitrogen and oxygen atoms in total. The van der Waals surface area contributed by atoms with E-state index >= 15 is 0 Å². The SMILES string of the molecule is O=C(Nc1ccc(Cl)c([N+](=O)[O-])c1)[C@H](Sc1ncc(C(F)(F)F)cc1Cl)c1ccccc1. The minimum absolute atomic E-state index is 0.0192. The lowest BCUT2D eigenvalue weighted by atomic mass is 10.1. The molecule has 0 unspecified atom stereocenters. The van der Waals surface area contributed by atoms with Gasteiger partial charge < -0.3 is 5.32 Å². The second-order valence-electron chi connectivity index (χ2n) is 6.33. The Kier molecular flexibility index (Phi) is 7.27. The number of benzene rings is 2. The molecular formula is C20H12Cl2F3N3O3S. The molecule has 0 aliphatic rings. The van der Waals surface area contributed by atoms with Crippen LogP contribution >= 0.6 is 35.0 Å². The van der Waals surface area contributed by atoms with Gasteiger partial charge in [0.1, 0.15) is 15.3 Å². The molecule has 0 bridgehead atoms. The highest BCUT2D eigenvalue weighted by molar-refractivity contribution is 8.00. The number of nitrogens with zero attached hydrogens (tertiary/aromatic N) is 2. The number of rotatable bonds is 6. The summed E-state index contributed by atoms with van der Waals surface area (Å²) in [5.41, 5.74) is -0.753. The van der Waals surface area contributed by atoms with E-state index in [-0.39, 0.29) is 26.4 Å². The van der Waals surface area contributed by atoms with Crippen LogP contribution in [0, 0.1) is 10.1 Å². The van der Waals surface area contributed by atoms with Crippen LogP contribution < -0.4 is 5.32 Å². The number of nitro groups is 1. The predicted molar refractivity (Wildman–Crippen MR) is 116 cm³/mol. The van der Waals surface area contributed by atoms with Crippen molar-refractivity contribution in [1.29, 1.82) is 0 Å². The van der Waals surface area contributed by atoms with E-state index in [0.29, 0.717) is 11.8 Å². The molecule has 0 fully saturated rings. The number of nitro benzene ring substituents is 1. The van der Waals surface area contributed by atoms with E-state index in [2.05, 4.69) is 10.3 Å². The van der Waals surface area contributed by atoms with Crippen LogP contribution in [0.5, 0.6) is 0 Å². The Morgan fingerprint density at radius 3 is 2.38 bits per heavy atom. The molecule has 32 heavy (non-hydrogen) atoms. The van der Waals surface area contributed by atoms with Crippen LogP contribution in [0.4, 0.5) is 24.5 Å². The Morgan fingerprint density at radius 1 is 1.09 bits per heavy atom. The highest BCUT2D eigenvalue weighted by atomic mass is 35.5. The summed E-state index contributed by atoms with van der Waals surface area (Å²) < 4.78 is 38.7. The number of thioether (sulfide) groups is 1. The van der Waals surface area contributed by atoms with Crippen molar-refractivity contribution in [2.75, 3.05) is 5.32 Å². The van der Waals surface area contributed by atoms with E-state index in [1.165, 1.54) is 12.1 Å². The topological polar surface area (TPSA) is 85.1 Å². The zero-order chi connectivity index (χ0) is 23.5. The molecule has 0 aliphatic carbocycles. The normalized spacial score (nSPS) is 12.3. The van der Waals surface area contributed by atoms with Crippen LogP contribution in [0.2, 0.25) is 10.0 Å². The molecule has 1 N–H and O–H groups in total. The van der Waals surface area contributed by atoms with Gasteiger partial charge in [0.05, 0.1) is 15.5 Å². The van der Waals surface area contributed by atoms with Crippen molar-refractivity contribution in [2.24, 2.45) is 0 Å². The van der Waals surface area contributed by atoms with Gasteiger partial charge in [-0.3, -0.25) is 14.9 Å². The summed E-state index contributed by atoms with van der Waals surface area (Å²) in [7, 11) is 0. The Labute approximate surface area is 193 Å². The zero-order valence-corrected chi connectivity index (χ0v) is 18.1. The second kappa shape index (κ2) is 9.76. The maximum atomic E-state index is 13.0. The summed E-state index contributed by atoms with van der Waals surface area (Å²) in [4.78, 5) is 27.2. The molecule has 3 rings (SSSR count). The monoisotopic (exact) mass is 501 g/mol. The molecule has 166 valence electrons. The first kappa shape index (κ1) is 23.8. The summed E-state index contributed by atoms with van der Waals surface area (Å²) in [5.74, 6) is -0.587. The molecule has 1 aromatic heterocycles. The molecule has 0 radical (unpaired) electrons. The fourth-order valence-corrected chi connectivity index (χ4v) is 4.07. The second-order valence-corrected chi connectivity index (χ2v) is 8.24. The first-order valence-corrected chi connectivity index (χ1v) is 10.4. The van der Waals surface area contributed by atoms with Gasteiger partial charge in [-0.15, -0.1) is 0 Å². The average molecular weight is 502 g/mol. The van der Waals surface area contributed by atoms with Crippen molar-refractivity contribution in [3.8, 4) is 0 Å². The number of hydrogen-bond donors (Lipinski definition) is 1. The molecule has 2 aromatic carbocycles. The van der Waals surface area contributed by atoms with E-state index in [1.807, 2.05) is 0 Å². The van der Waals surface area contributed by atoms with Crippen LogP contribution in [-0.4, -0.2) is 15.8 Å². The number of anilines is 1. The highest BCUT2D eigenvalue weighted by Gasteiger charge is 2.32. The van der Waals surface area contributed by atoms with Gasteiger partial charge in [-0.1, -0.05) is 65.3 Å². The molecule has 0 saturated carbocycles. The molecule has 1 heterocycles. The van der Waals surface area contributed by atoms with Crippen LogP contribution in [0.25, 0.3) is 0 Å². The van der Waals surface area contributed by atoms with Crippen molar-refractivity contribution >= 4 is 52.2 Å². The Bertz CT molecular complexity index is 1160. The number of nitrogens with one attached hydrogen (secondary N) is 1. The van der Waals surface area contributed by atoms with E-state index in [0.717, 1.165) is 23.9 Å². The molecular weight excluding hydrogens is 490 g/mol. The third kappa shape index (κ3) is 5.70. The Balaban J connectivity index is 1.92. The number of amides is 1. The van der Waals surface area contributed by atoms with Gasteiger partial charge in [0.2, 0.25) is 5.91 Å². The molecule has 1 amide bonds. The lowest BCUT2D eigenvalue weighted by molar-refractivity contribution is -0.384. The summed E-state index contributed by atoms with van der Waals surface area (Å²) in [5, 5.41) is 12.4. The Morgan fingerprint density at radius 2 is 1.78 bits per heavy atom. The Hall–Kier alpha value is -2.82. The van der Waals surface area contributed by atoms with E-state index in [4.69, 9.17) is 23.2 Å². The minimum Gasteiger partial charge on any atom is -0.325 e. The fourth-order valence-electron chi connectivity index (χ4n) is 2.62. The third-order valence-electron chi connectivity index (χ3n) is 4.12. The van der Waals surface area contributed by atoms with Crippen LogP contribution in [-0.2, 0) is 11.0 Å². The third-order valence-corrected chi connectivity index (χ3v) is 6.11. The summed E-state index contributed by atoms with van der Waals surface area (Å²) >= 11 is 12.6. The largest absolute Gasteiger partial charge is 0.417 e. The smallest absolute Gasteiger partial charge is 0.325 e. The first-order chi connectivity index (χ1) is 15.1. The van der Waals surface area contributed by atoms with Gasteiger partial charge in [-0.05, 0) is 23.8 Å². The molecule has 0 saturated heterocycles. The number of carbonyl (C=O) groups excluding carboxylic acids is 1. The summed E-state index contributed by atoms with van der Waals surface area (Å²) in [6.07, 6.45) is -3.98. The summed E-state index contributed by atoms with van der Waals surface area (Å²) in [6.45, 7) is 0. The van der Waals surface area contributed by atoms with Gasteiger partial charge >= 0.3 is 6.18 Å².